The minimum absolute atomic E-state index is 0. The predicted octanol–water partition coefficient (Wildman–Crippen LogP) is -2.07. The summed E-state index contributed by atoms with van der Waals surface area (Å²) in [6, 6.07) is 1.88. The number of carboxylic acids is 1. The van der Waals surface area contributed by atoms with Gasteiger partial charge in [-0.2, -0.15) is 8.42 Å². The summed E-state index contributed by atoms with van der Waals surface area (Å²) >= 11 is 0. The van der Waals surface area contributed by atoms with Crippen molar-refractivity contribution in [3.05, 3.63) is 23.8 Å². The SMILES string of the molecule is CC(C)CC(N=Cc1cc(S(=O)(=O)O)ccc1[O-])C(=O)O.[Na+]. The smallest absolute Gasteiger partial charge is 0.872 e. The number of aliphatic imine (C=N–C) groups is 1. The second-order valence-electron chi connectivity index (χ2n) is 4.94. The van der Waals surface area contributed by atoms with Gasteiger partial charge in [-0.05, 0) is 30.0 Å². The van der Waals surface area contributed by atoms with E-state index in [-0.39, 0.29) is 47.5 Å². The van der Waals surface area contributed by atoms with Gasteiger partial charge in [-0.3, -0.25) is 9.55 Å². The fraction of sp³-hybridized carbons (Fsp3) is 0.385. The first-order valence-corrected chi connectivity index (χ1v) is 7.59. The van der Waals surface area contributed by atoms with Crippen molar-refractivity contribution >= 4 is 22.3 Å². The van der Waals surface area contributed by atoms with Crippen molar-refractivity contribution in [1.82, 2.24) is 0 Å². The molecular formula is C13H16NNaO6S. The van der Waals surface area contributed by atoms with Crippen molar-refractivity contribution in [3.8, 4) is 5.75 Å². The van der Waals surface area contributed by atoms with E-state index in [0.29, 0.717) is 0 Å². The van der Waals surface area contributed by atoms with Gasteiger partial charge < -0.3 is 10.2 Å². The van der Waals surface area contributed by atoms with E-state index < -0.39 is 32.8 Å². The van der Waals surface area contributed by atoms with E-state index in [9.17, 15) is 18.3 Å². The van der Waals surface area contributed by atoms with Gasteiger partial charge in [-0.25, -0.2) is 4.79 Å². The number of hydrogen-bond donors (Lipinski definition) is 2. The number of carbonyl (C=O) groups is 1. The van der Waals surface area contributed by atoms with Gasteiger partial charge >= 0.3 is 35.5 Å². The van der Waals surface area contributed by atoms with Gasteiger partial charge in [0.25, 0.3) is 10.1 Å². The van der Waals surface area contributed by atoms with Crippen LogP contribution in [-0.4, -0.2) is 36.3 Å². The van der Waals surface area contributed by atoms with Crippen LogP contribution < -0.4 is 34.7 Å². The van der Waals surface area contributed by atoms with Crippen LogP contribution in [0.3, 0.4) is 0 Å². The molecule has 0 bridgehead atoms. The van der Waals surface area contributed by atoms with E-state index in [1.54, 1.807) is 0 Å². The molecule has 1 unspecified atom stereocenters. The Hall–Kier alpha value is -0.930. The Morgan fingerprint density at radius 2 is 2.00 bits per heavy atom. The Balaban J connectivity index is 0.00000441. The van der Waals surface area contributed by atoms with Crippen molar-refractivity contribution in [3.63, 3.8) is 0 Å². The normalized spacial score (nSPS) is 13.1. The van der Waals surface area contributed by atoms with Crippen LogP contribution in [0.4, 0.5) is 0 Å². The topological polar surface area (TPSA) is 127 Å². The van der Waals surface area contributed by atoms with Crippen LogP contribution in [-0.2, 0) is 14.9 Å². The summed E-state index contributed by atoms with van der Waals surface area (Å²) in [5.74, 6) is -1.54. The fourth-order valence-corrected chi connectivity index (χ4v) is 2.15. The van der Waals surface area contributed by atoms with E-state index in [1.807, 2.05) is 13.8 Å². The average molecular weight is 337 g/mol. The molecule has 0 saturated carbocycles. The Labute approximate surface area is 151 Å². The summed E-state index contributed by atoms with van der Waals surface area (Å²) in [5, 5.41) is 20.6. The van der Waals surface area contributed by atoms with Gasteiger partial charge in [-0.15, -0.1) is 0 Å². The first kappa shape index (κ1) is 21.1. The average Bonchev–Trinajstić information content (AvgIpc) is 2.33. The largest absolute Gasteiger partial charge is 1.00 e. The molecule has 22 heavy (non-hydrogen) atoms. The number of hydrogen-bond acceptors (Lipinski definition) is 5. The van der Waals surface area contributed by atoms with Crippen LogP contribution in [0.25, 0.3) is 0 Å². The molecule has 0 aliphatic carbocycles. The Morgan fingerprint density at radius 1 is 1.41 bits per heavy atom. The molecular weight excluding hydrogens is 321 g/mol. The zero-order chi connectivity index (χ0) is 16.2. The van der Waals surface area contributed by atoms with Crippen LogP contribution >= 0.6 is 0 Å². The van der Waals surface area contributed by atoms with Crippen LogP contribution in [0.5, 0.6) is 5.75 Å². The van der Waals surface area contributed by atoms with Crippen LogP contribution in [0, 0.1) is 5.92 Å². The third kappa shape index (κ3) is 6.45. The molecule has 1 aromatic carbocycles. The molecule has 2 N–H and O–H groups in total. The Kier molecular flexibility index (Phi) is 8.27. The van der Waals surface area contributed by atoms with Gasteiger partial charge in [0.1, 0.15) is 6.04 Å². The molecule has 0 aliphatic heterocycles. The molecule has 9 heteroatoms. The van der Waals surface area contributed by atoms with E-state index >= 15 is 0 Å². The monoisotopic (exact) mass is 337 g/mol. The third-order valence-corrected chi connectivity index (χ3v) is 3.50. The predicted molar refractivity (Wildman–Crippen MR) is 74.2 cm³/mol. The number of aliphatic carboxylic acids is 1. The number of nitrogens with zero attached hydrogens (tertiary/aromatic N) is 1. The molecule has 0 spiro atoms. The summed E-state index contributed by atoms with van der Waals surface area (Å²) in [7, 11) is -4.43. The van der Waals surface area contributed by atoms with Gasteiger partial charge in [0.05, 0.1) is 4.90 Å². The van der Waals surface area contributed by atoms with E-state index in [1.165, 1.54) is 0 Å². The van der Waals surface area contributed by atoms with Gasteiger partial charge in [0.2, 0.25) is 0 Å². The van der Waals surface area contributed by atoms with Crippen LogP contribution in [0.2, 0.25) is 0 Å². The molecule has 0 amide bonds. The van der Waals surface area contributed by atoms with Crippen molar-refractivity contribution in [2.45, 2.75) is 31.2 Å². The zero-order valence-electron chi connectivity index (χ0n) is 12.6. The van der Waals surface area contributed by atoms with Crippen LogP contribution in [0.1, 0.15) is 25.8 Å². The molecule has 0 saturated heterocycles. The second kappa shape index (κ2) is 8.64. The molecule has 116 valence electrons. The van der Waals surface area contributed by atoms with Gasteiger partial charge in [0.15, 0.2) is 0 Å². The van der Waals surface area contributed by atoms with Crippen molar-refractivity contribution in [2.24, 2.45) is 10.9 Å². The van der Waals surface area contributed by atoms with Gasteiger partial charge in [0, 0.05) is 6.21 Å². The quantitative estimate of drug-likeness (QED) is 0.349. The summed E-state index contributed by atoms with van der Waals surface area (Å²) < 4.78 is 30.9. The minimum atomic E-state index is -4.43. The van der Waals surface area contributed by atoms with Crippen molar-refractivity contribution in [2.75, 3.05) is 0 Å². The number of benzene rings is 1. The number of rotatable bonds is 6. The molecule has 1 aromatic rings. The summed E-state index contributed by atoms with van der Waals surface area (Å²) in [6.07, 6.45) is 1.32. The summed E-state index contributed by atoms with van der Waals surface area (Å²) in [4.78, 5) is 14.4. The fourth-order valence-electron chi connectivity index (χ4n) is 1.63. The molecule has 0 radical (unpaired) electrons. The molecule has 0 heterocycles. The van der Waals surface area contributed by atoms with Crippen molar-refractivity contribution in [1.29, 1.82) is 0 Å². The molecule has 1 rings (SSSR count). The van der Waals surface area contributed by atoms with Crippen molar-refractivity contribution < 1.29 is 57.5 Å². The molecule has 0 fully saturated rings. The Bertz CT molecular complexity index is 656. The second-order valence-corrected chi connectivity index (χ2v) is 6.36. The molecule has 0 aliphatic rings. The maximum atomic E-state index is 11.6. The van der Waals surface area contributed by atoms with E-state index in [4.69, 9.17) is 9.66 Å². The van der Waals surface area contributed by atoms with E-state index in [2.05, 4.69) is 4.99 Å². The third-order valence-electron chi connectivity index (χ3n) is 2.65. The number of carboxylic acid groups (broad SMARTS) is 1. The maximum Gasteiger partial charge on any atom is 1.00 e. The summed E-state index contributed by atoms with van der Waals surface area (Å²) in [5.41, 5.74) is -0.0971. The standard InChI is InChI=1S/C13H17NO6S.Na/c1-8(2)5-11(13(16)17)14-7-9-6-10(21(18,19)20)3-4-12(9)15;/h3-4,6-8,11,15H,5H2,1-2H3,(H,16,17)(H,18,19,20);/q;+1/p-1. The van der Waals surface area contributed by atoms with Crippen LogP contribution in [0.15, 0.2) is 28.1 Å². The maximum absolute atomic E-state index is 11.6. The first-order chi connectivity index (χ1) is 9.61. The molecule has 7 nitrogen and oxygen atoms in total. The Morgan fingerprint density at radius 3 is 2.45 bits per heavy atom. The first-order valence-electron chi connectivity index (χ1n) is 6.15. The van der Waals surface area contributed by atoms with E-state index in [0.717, 1.165) is 24.4 Å². The minimum Gasteiger partial charge on any atom is -0.872 e. The zero-order valence-corrected chi connectivity index (χ0v) is 15.4. The molecule has 0 aromatic heterocycles. The summed E-state index contributed by atoms with van der Waals surface area (Å²) in [6.45, 7) is 3.67. The molecule has 1 atom stereocenters. The van der Waals surface area contributed by atoms with Gasteiger partial charge in [-0.1, -0.05) is 25.7 Å².